The molecule has 1 aliphatic heterocycles. The van der Waals surface area contributed by atoms with E-state index in [9.17, 15) is 14.4 Å². The van der Waals surface area contributed by atoms with Gasteiger partial charge in [-0.2, -0.15) is 0 Å². The molecule has 1 aromatic carbocycles. The number of hydrogen-bond donors (Lipinski definition) is 3. The molecule has 2 fully saturated rings. The standard InChI is InChI=1S/C24H25N5O3S/c30-18(13-29-22(31)24(28-23(29)32)11-5-6-12-24)27-21-19(14-7-1-4-10-17(14)33-21)20-25-15-8-2-3-9-16(15)26-20/h2-3,8-9H,1,4-7,10-13H2,(H,25,26)(H,27,30)(H,28,32). The molecule has 1 saturated carbocycles. The molecule has 2 aliphatic carbocycles. The van der Waals surface area contributed by atoms with E-state index in [1.165, 1.54) is 10.4 Å². The quantitative estimate of drug-likeness (QED) is 0.509. The van der Waals surface area contributed by atoms with E-state index >= 15 is 0 Å². The summed E-state index contributed by atoms with van der Waals surface area (Å²) in [5.41, 5.74) is 3.19. The SMILES string of the molecule is O=C(CN1C(=O)NC2(CCCC2)C1=O)Nc1sc2c(c1-c1nc3ccccc3[nH]1)CCCC2. The number of aryl methyl sites for hydroxylation is 1. The maximum Gasteiger partial charge on any atom is 0.325 e. The Morgan fingerprint density at radius 3 is 2.73 bits per heavy atom. The van der Waals surface area contributed by atoms with E-state index in [0.29, 0.717) is 12.8 Å². The van der Waals surface area contributed by atoms with Crippen LogP contribution in [0.5, 0.6) is 0 Å². The topological polar surface area (TPSA) is 107 Å². The van der Waals surface area contributed by atoms with Gasteiger partial charge in [-0.15, -0.1) is 11.3 Å². The van der Waals surface area contributed by atoms with Gasteiger partial charge < -0.3 is 15.6 Å². The minimum Gasteiger partial charge on any atom is -0.338 e. The lowest BCUT2D eigenvalue weighted by Gasteiger charge is -2.19. The number of carbonyl (C=O) groups is 3. The number of nitrogens with zero attached hydrogens (tertiary/aromatic N) is 2. The van der Waals surface area contributed by atoms with E-state index in [0.717, 1.165) is 70.8 Å². The second-order valence-corrected chi connectivity index (χ2v) is 10.3. The number of aromatic amines is 1. The zero-order valence-corrected chi connectivity index (χ0v) is 19.0. The summed E-state index contributed by atoms with van der Waals surface area (Å²) in [6.07, 6.45) is 7.27. The number of carbonyl (C=O) groups excluding carboxylic acids is 3. The van der Waals surface area contributed by atoms with Crippen LogP contribution in [0.15, 0.2) is 24.3 Å². The first kappa shape index (κ1) is 20.4. The van der Waals surface area contributed by atoms with Crippen molar-refractivity contribution in [3.63, 3.8) is 0 Å². The van der Waals surface area contributed by atoms with Gasteiger partial charge in [0.15, 0.2) is 0 Å². The molecular weight excluding hydrogens is 438 g/mol. The molecule has 2 aromatic heterocycles. The number of amides is 4. The van der Waals surface area contributed by atoms with Gasteiger partial charge in [-0.05, 0) is 56.2 Å². The van der Waals surface area contributed by atoms with Crippen LogP contribution in [0.4, 0.5) is 9.80 Å². The Labute approximate surface area is 194 Å². The molecule has 1 saturated heterocycles. The molecule has 3 aliphatic rings. The Morgan fingerprint density at radius 1 is 1.12 bits per heavy atom. The molecule has 6 rings (SSSR count). The van der Waals surface area contributed by atoms with Crippen molar-refractivity contribution in [3.8, 4) is 11.4 Å². The number of thiophene rings is 1. The molecule has 3 N–H and O–H groups in total. The number of aromatic nitrogens is 2. The maximum atomic E-state index is 13.0. The van der Waals surface area contributed by atoms with Crippen molar-refractivity contribution in [1.82, 2.24) is 20.2 Å². The minimum atomic E-state index is -0.807. The molecule has 3 aromatic rings. The monoisotopic (exact) mass is 463 g/mol. The van der Waals surface area contributed by atoms with Crippen molar-refractivity contribution < 1.29 is 14.4 Å². The van der Waals surface area contributed by atoms with Crippen LogP contribution in [-0.4, -0.2) is 44.8 Å². The van der Waals surface area contributed by atoms with E-state index in [1.54, 1.807) is 11.3 Å². The fourth-order valence-electron chi connectivity index (χ4n) is 5.42. The highest BCUT2D eigenvalue weighted by Crippen LogP contribution is 2.44. The Balaban J connectivity index is 1.29. The Bertz CT molecular complexity index is 1250. The molecule has 9 heteroatoms. The van der Waals surface area contributed by atoms with Crippen molar-refractivity contribution in [1.29, 1.82) is 0 Å². The smallest absolute Gasteiger partial charge is 0.325 e. The van der Waals surface area contributed by atoms with Gasteiger partial charge in [0.1, 0.15) is 22.9 Å². The Morgan fingerprint density at radius 2 is 1.91 bits per heavy atom. The summed E-state index contributed by atoms with van der Waals surface area (Å²) in [7, 11) is 0. The van der Waals surface area contributed by atoms with Crippen LogP contribution in [0, 0.1) is 0 Å². The van der Waals surface area contributed by atoms with E-state index in [4.69, 9.17) is 4.98 Å². The first-order valence-electron chi connectivity index (χ1n) is 11.6. The zero-order valence-electron chi connectivity index (χ0n) is 18.2. The number of urea groups is 1. The van der Waals surface area contributed by atoms with E-state index in [2.05, 4.69) is 15.6 Å². The number of benzene rings is 1. The number of H-pyrrole nitrogens is 1. The molecule has 0 radical (unpaired) electrons. The van der Waals surface area contributed by atoms with Gasteiger partial charge in [-0.3, -0.25) is 14.5 Å². The maximum absolute atomic E-state index is 13.0. The average molecular weight is 464 g/mol. The predicted octanol–water partition coefficient (Wildman–Crippen LogP) is 3.97. The van der Waals surface area contributed by atoms with Crippen LogP contribution >= 0.6 is 11.3 Å². The van der Waals surface area contributed by atoms with Crippen LogP contribution in [0.3, 0.4) is 0 Å². The van der Waals surface area contributed by atoms with Crippen LogP contribution in [0.1, 0.15) is 49.0 Å². The lowest BCUT2D eigenvalue weighted by molar-refractivity contribution is -0.133. The van der Waals surface area contributed by atoms with Gasteiger partial charge in [-0.1, -0.05) is 25.0 Å². The van der Waals surface area contributed by atoms with E-state index in [1.807, 2.05) is 24.3 Å². The third-order valence-electron chi connectivity index (χ3n) is 7.06. The molecule has 33 heavy (non-hydrogen) atoms. The second-order valence-electron chi connectivity index (χ2n) is 9.18. The number of imide groups is 1. The molecule has 1 spiro atoms. The van der Waals surface area contributed by atoms with Gasteiger partial charge in [0.2, 0.25) is 5.91 Å². The zero-order chi connectivity index (χ0) is 22.6. The summed E-state index contributed by atoms with van der Waals surface area (Å²) >= 11 is 1.58. The molecule has 8 nitrogen and oxygen atoms in total. The van der Waals surface area contributed by atoms with Crippen LogP contribution < -0.4 is 10.6 Å². The highest BCUT2D eigenvalue weighted by molar-refractivity contribution is 7.17. The van der Waals surface area contributed by atoms with Crippen molar-refractivity contribution in [3.05, 3.63) is 34.7 Å². The second kappa shape index (κ2) is 7.69. The highest BCUT2D eigenvalue weighted by Gasteiger charge is 2.52. The minimum absolute atomic E-state index is 0.275. The molecule has 4 amide bonds. The van der Waals surface area contributed by atoms with Gasteiger partial charge in [0.25, 0.3) is 5.91 Å². The summed E-state index contributed by atoms with van der Waals surface area (Å²) in [4.78, 5) is 48.9. The fourth-order valence-corrected chi connectivity index (χ4v) is 6.73. The summed E-state index contributed by atoms with van der Waals surface area (Å²) < 4.78 is 0. The highest BCUT2D eigenvalue weighted by atomic mass is 32.1. The van der Waals surface area contributed by atoms with Crippen LogP contribution in [0.25, 0.3) is 22.4 Å². The molecule has 0 unspecified atom stereocenters. The van der Waals surface area contributed by atoms with Gasteiger partial charge in [0, 0.05) is 4.88 Å². The van der Waals surface area contributed by atoms with Gasteiger partial charge in [0.05, 0.1) is 16.6 Å². The largest absolute Gasteiger partial charge is 0.338 e. The fraction of sp³-hybridized carbons (Fsp3) is 0.417. The number of hydrogen-bond acceptors (Lipinski definition) is 5. The molecule has 170 valence electrons. The third-order valence-corrected chi connectivity index (χ3v) is 8.26. The van der Waals surface area contributed by atoms with Crippen molar-refractivity contribution in [2.75, 3.05) is 11.9 Å². The number of para-hydroxylation sites is 2. The van der Waals surface area contributed by atoms with E-state index in [-0.39, 0.29) is 18.4 Å². The lowest BCUT2D eigenvalue weighted by atomic mass is 9.95. The van der Waals surface area contributed by atoms with Crippen molar-refractivity contribution in [2.24, 2.45) is 0 Å². The molecule has 0 atom stereocenters. The number of rotatable bonds is 4. The number of imidazole rings is 1. The predicted molar refractivity (Wildman–Crippen MR) is 126 cm³/mol. The lowest BCUT2D eigenvalue weighted by Crippen LogP contribution is -2.44. The van der Waals surface area contributed by atoms with Gasteiger partial charge >= 0.3 is 6.03 Å². The van der Waals surface area contributed by atoms with Crippen LogP contribution in [-0.2, 0) is 22.4 Å². The first-order valence-corrected chi connectivity index (χ1v) is 12.4. The molecular formula is C24H25N5O3S. The van der Waals surface area contributed by atoms with E-state index < -0.39 is 11.6 Å². The number of fused-ring (bicyclic) bond motifs is 2. The normalized spacial score (nSPS) is 19.3. The summed E-state index contributed by atoms with van der Waals surface area (Å²) in [6, 6.07) is 7.39. The summed E-state index contributed by atoms with van der Waals surface area (Å²) in [6.45, 7) is -0.283. The Kier molecular flexibility index (Phi) is 4.76. The Hall–Kier alpha value is -3.20. The number of anilines is 1. The van der Waals surface area contributed by atoms with Crippen LogP contribution in [0.2, 0.25) is 0 Å². The van der Waals surface area contributed by atoms with Crippen molar-refractivity contribution in [2.45, 2.75) is 56.9 Å². The third kappa shape index (κ3) is 3.33. The van der Waals surface area contributed by atoms with Crippen molar-refractivity contribution >= 4 is 45.2 Å². The molecule has 3 heterocycles. The average Bonchev–Trinajstić information content (AvgIpc) is 3.56. The van der Waals surface area contributed by atoms with Gasteiger partial charge in [-0.25, -0.2) is 9.78 Å². The first-order chi connectivity index (χ1) is 16.0. The number of nitrogens with one attached hydrogen (secondary N) is 3. The summed E-state index contributed by atoms with van der Waals surface area (Å²) in [5, 5.41) is 6.57. The summed E-state index contributed by atoms with van der Waals surface area (Å²) in [5.74, 6) is 0.0958. The molecule has 0 bridgehead atoms.